The molecule has 0 aliphatic heterocycles. The number of nitrogens with one attached hydrogen (secondary N) is 1. The maximum atomic E-state index is 11.9. The van der Waals surface area contributed by atoms with Gasteiger partial charge in [0.2, 0.25) is 0 Å². The number of benzene rings is 1. The van der Waals surface area contributed by atoms with E-state index in [1.54, 1.807) is 18.3 Å². The van der Waals surface area contributed by atoms with Gasteiger partial charge in [-0.05, 0) is 36.6 Å². The molecule has 1 aromatic heterocycles. The molecule has 1 heterocycles. The highest BCUT2D eigenvalue weighted by Crippen LogP contribution is 2.19. The number of aromatic nitrogens is 1. The number of carbonyl (C=O) groups excluding carboxylic acids is 1. The molecule has 4 nitrogen and oxygen atoms in total. The number of hydrogen-bond donors (Lipinski definition) is 1. The molecule has 0 aliphatic rings. The Balaban J connectivity index is 1.95. The van der Waals surface area contributed by atoms with Gasteiger partial charge in [0.1, 0.15) is 0 Å². The van der Waals surface area contributed by atoms with Crippen molar-refractivity contribution >= 4 is 5.91 Å². The Hall–Kier alpha value is -2.36. The van der Waals surface area contributed by atoms with E-state index in [1.165, 1.54) is 19.0 Å². The van der Waals surface area contributed by atoms with E-state index in [2.05, 4.69) is 17.4 Å². The van der Waals surface area contributed by atoms with Crippen LogP contribution < -0.4 is 10.3 Å². The van der Waals surface area contributed by atoms with Crippen LogP contribution in [0.3, 0.4) is 0 Å². The molecule has 21 heavy (non-hydrogen) atoms. The molecule has 2 rings (SSSR count). The Kier molecular flexibility index (Phi) is 5.76. The highest BCUT2D eigenvalue weighted by Gasteiger charge is 2.08. The summed E-state index contributed by atoms with van der Waals surface area (Å²) >= 11 is 0. The van der Waals surface area contributed by atoms with Gasteiger partial charge in [-0.2, -0.15) is 5.48 Å². The number of pyridine rings is 1. The minimum atomic E-state index is -0.300. The smallest absolute Gasteiger partial charge is 0.285 e. The lowest BCUT2D eigenvalue weighted by molar-refractivity contribution is 0.0757. The number of para-hydroxylation sites is 1. The van der Waals surface area contributed by atoms with E-state index >= 15 is 0 Å². The van der Waals surface area contributed by atoms with Gasteiger partial charge in [-0.15, -0.1) is 0 Å². The SMILES string of the molecule is CCCCCc1ccccc1ONC(=O)c1cccnc1. The summed E-state index contributed by atoms with van der Waals surface area (Å²) < 4.78 is 0. The van der Waals surface area contributed by atoms with Gasteiger partial charge in [0.05, 0.1) is 5.56 Å². The summed E-state index contributed by atoms with van der Waals surface area (Å²) in [4.78, 5) is 21.3. The van der Waals surface area contributed by atoms with Crippen molar-refractivity contribution in [1.82, 2.24) is 10.5 Å². The van der Waals surface area contributed by atoms with Crippen molar-refractivity contribution in [2.45, 2.75) is 32.6 Å². The third-order valence-electron chi connectivity index (χ3n) is 3.20. The number of carbonyl (C=O) groups is 1. The van der Waals surface area contributed by atoms with E-state index in [0.29, 0.717) is 11.3 Å². The first-order chi connectivity index (χ1) is 10.3. The van der Waals surface area contributed by atoms with Crippen LogP contribution in [0.15, 0.2) is 48.8 Å². The fourth-order valence-corrected chi connectivity index (χ4v) is 2.03. The molecule has 0 unspecified atom stereocenters. The molecular formula is C17H20N2O2. The molecule has 4 heteroatoms. The lowest BCUT2D eigenvalue weighted by Crippen LogP contribution is -2.27. The molecule has 0 bridgehead atoms. The summed E-state index contributed by atoms with van der Waals surface area (Å²) in [6.45, 7) is 2.18. The monoisotopic (exact) mass is 284 g/mol. The van der Waals surface area contributed by atoms with Gasteiger partial charge in [0.25, 0.3) is 5.91 Å². The van der Waals surface area contributed by atoms with Gasteiger partial charge < -0.3 is 4.84 Å². The molecule has 2 aromatic rings. The third-order valence-corrected chi connectivity index (χ3v) is 3.20. The van der Waals surface area contributed by atoms with E-state index < -0.39 is 0 Å². The van der Waals surface area contributed by atoms with E-state index in [-0.39, 0.29) is 5.91 Å². The molecule has 0 fully saturated rings. The quantitative estimate of drug-likeness (QED) is 0.625. The molecular weight excluding hydrogens is 264 g/mol. The van der Waals surface area contributed by atoms with Gasteiger partial charge in [-0.1, -0.05) is 38.0 Å². The van der Waals surface area contributed by atoms with Crippen LogP contribution in [0.1, 0.15) is 42.1 Å². The van der Waals surface area contributed by atoms with Crippen LogP contribution in [0.2, 0.25) is 0 Å². The zero-order chi connectivity index (χ0) is 14.9. The van der Waals surface area contributed by atoms with Crippen molar-refractivity contribution in [3.63, 3.8) is 0 Å². The topological polar surface area (TPSA) is 51.2 Å². The van der Waals surface area contributed by atoms with E-state index in [4.69, 9.17) is 4.84 Å². The highest BCUT2D eigenvalue weighted by molar-refractivity contribution is 5.93. The largest absolute Gasteiger partial charge is 0.379 e. The fourth-order valence-electron chi connectivity index (χ4n) is 2.03. The minimum absolute atomic E-state index is 0.300. The molecule has 1 N–H and O–H groups in total. The average Bonchev–Trinajstić information content (AvgIpc) is 2.54. The number of hydroxylamine groups is 1. The number of rotatable bonds is 7. The van der Waals surface area contributed by atoms with E-state index in [9.17, 15) is 4.79 Å². The van der Waals surface area contributed by atoms with Crippen molar-refractivity contribution in [2.24, 2.45) is 0 Å². The first kappa shape index (κ1) is 15.0. The second-order valence-corrected chi connectivity index (χ2v) is 4.84. The van der Waals surface area contributed by atoms with Crippen LogP contribution in [0, 0.1) is 0 Å². The van der Waals surface area contributed by atoms with Crippen molar-refractivity contribution in [3.05, 3.63) is 59.9 Å². The Labute approximate surface area is 125 Å². The molecule has 0 saturated heterocycles. The Morgan fingerprint density at radius 1 is 1.19 bits per heavy atom. The normalized spacial score (nSPS) is 10.1. The number of unbranched alkanes of at least 4 members (excludes halogenated alkanes) is 2. The van der Waals surface area contributed by atoms with Gasteiger partial charge in [-0.25, -0.2) is 0 Å². The van der Waals surface area contributed by atoms with Crippen LogP contribution in [0.25, 0.3) is 0 Å². The summed E-state index contributed by atoms with van der Waals surface area (Å²) in [5.74, 6) is 0.400. The predicted molar refractivity (Wildman–Crippen MR) is 82.0 cm³/mol. The van der Waals surface area contributed by atoms with Gasteiger partial charge in [0, 0.05) is 12.4 Å². The van der Waals surface area contributed by atoms with Crippen LogP contribution >= 0.6 is 0 Å². The number of aryl methyl sites for hydroxylation is 1. The van der Waals surface area contributed by atoms with Crippen molar-refractivity contribution in [1.29, 1.82) is 0 Å². The molecule has 0 saturated carbocycles. The van der Waals surface area contributed by atoms with E-state index in [1.807, 2.05) is 24.3 Å². The maximum absolute atomic E-state index is 11.9. The fraction of sp³-hybridized carbons (Fsp3) is 0.294. The summed E-state index contributed by atoms with van der Waals surface area (Å²) in [6.07, 6.45) is 7.57. The van der Waals surface area contributed by atoms with Gasteiger partial charge in [-0.3, -0.25) is 9.78 Å². The number of amides is 1. The van der Waals surface area contributed by atoms with Crippen molar-refractivity contribution in [2.75, 3.05) is 0 Å². The van der Waals surface area contributed by atoms with Crippen LogP contribution in [-0.4, -0.2) is 10.9 Å². The van der Waals surface area contributed by atoms with Crippen molar-refractivity contribution < 1.29 is 9.63 Å². The summed E-state index contributed by atoms with van der Waals surface area (Å²) in [5.41, 5.74) is 4.05. The molecule has 0 aliphatic carbocycles. The molecule has 1 amide bonds. The molecule has 110 valence electrons. The number of hydrogen-bond acceptors (Lipinski definition) is 3. The van der Waals surface area contributed by atoms with E-state index in [0.717, 1.165) is 18.4 Å². The summed E-state index contributed by atoms with van der Waals surface area (Å²) in [7, 11) is 0. The highest BCUT2D eigenvalue weighted by atomic mass is 16.7. The first-order valence-corrected chi connectivity index (χ1v) is 7.26. The molecule has 1 aromatic carbocycles. The lowest BCUT2D eigenvalue weighted by Gasteiger charge is -2.11. The summed E-state index contributed by atoms with van der Waals surface area (Å²) in [5, 5.41) is 0. The van der Waals surface area contributed by atoms with Gasteiger partial charge in [0.15, 0.2) is 5.75 Å². The lowest BCUT2D eigenvalue weighted by atomic mass is 10.1. The Morgan fingerprint density at radius 3 is 2.81 bits per heavy atom. The standard InChI is InChI=1S/C17H20N2O2/c1-2-3-4-8-14-9-5-6-11-16(14)21-19-17(20)15-10-7-12-18-13-15/h5-7,9-13H,2-4,8H2,1H3,(H,19,20). The maximum Gasteiger partial charge on any atom is 0.285 e. The average molecular weight is 284 g/mol. The zero-order valence-electron chi connectivity index (χ0n) is 12.2. The Morgan fingerprint density at radius 2 is 2.05 bits per heavy atom. The Bertz CT molecular complexity index is 570. The summed E-state index contributed by atoms with van der Waals surface area (Å²) in [6, 6.07) is 11.2. The molecule has 0 spiro atoms. The first-order valence-electron chi connectivity index (χ1n) is 7.26. The molecule has 0 radical (unpaired) electrons. The minimum Gasteiger partial charge on any atom is -0.379 e. The van der Waals surface area contributed by atoms with Crippen LogP contribution in [0.5, 0.6) is 5.75 Å². The molecule has 0 atom stereocenters. The van der Waals surface area contributed by atoms with Crippen LogP contribution in [-0.2, 0) is 6.42 Å². The number of nitrogens with zero attached hydrogens (tertiary/aromatic N) is 1. The third kappa shape index (κ3) is 4.60. The van der Waals surface area contributed by atoms with Gasteiger partial charge >= 0.3 is 0 Å². The van der Waals surface area contributed by atoms with Crippen LogP contribution in [0.4, 0.5) is 0 Å². The predicted octanol–water partition coefficient (Wildman–Crippen LogP) is 3.54. The van der Waals surface area contributed by atoms with Crippen molar-refractivity contribution in [3.8, 4) is 5.75 Å². The zero-order valence-corrected chi connectivity index (χ0v) is 12.2. The second-order valence-electron chi connectivity index (χ2n) is 4.84. The second kappa shape index (κ2) is 8.04.